The topological polar surface area (TPSA) is 127 Å². The Morgan fingerprint density at radius 1 is 1.07 bits per heavy atom. The Morgan fingerprint density at radius 3 is 2.28 bits per heavy atom. The van der Waals surface area contributed by atoms with E-state index in [-0.39, 0.29) is 17.2 Å². The lowest BCUT2D eigenvalue weighted by Gasteiger charge is -2.23. The zero-order valence-electron chi connectivity index (χ0n) is 15.3. The van der Waals surface area contributed by atoms with E-state index in [0.717, 1.165) is 16.4 Å². The predicted molar refractivity (Wildman–Crippen MR) is 105 cm³/mol. The number of sulfonamides is 2. The van der Waals surface area contributed by atoms with Crippen LogP contribution in [0.1, 0.15) is 18.4 Å². The minimum absolute atomic E-state index is 0.0778. The highest BCUT2D eigenvalue weighted by atomic mass is 32.2. The van der Waals surface area contributed by atoms with E-state index in [9.17, 15) is 26.0 Å². The number of nitrogens with zero attached hydrogens (tertiary/aromatic N) is 1. The summed E-state index contributed by atoms with van der Waals surface area (Å²) in [5.41, 5.74) is 0.867. The molecule has 2 aromatic carbocycles. The van der Waals surface area contributed by atoms with Crippen LogP contribution < -0.4 is 10.5 Å². The normalized spacial score (nSPS) is 17.9. The summed E-state index contributed by atoms with van der Waals surface area (Å²) in [6, 6.07) is 9.63. The molecule has 29 heavy (non-hydrogen) atoms. The number of nitrogens with two attached hydrogens (primary N) is 1. The van der Waals surface area contributed by atoms with Crippen molar-refractivity contribution in [2.45, 2.75) is 29.5 Å². The van der Waals surface area contributed by atoms with E-state index in [2.05, 4.69) is 5.32 Å². The molecule has 1 heterocycles. The molecule has 1 atom stereocenters. The molecule has 156 valence electrons. The Morgan fingerprint density at radius 2 is 1.69 bits per heavy atom. The second-order valence-electron chi connectivity index (χ2n) is 6.72. The van der Waals surface area contributed by atoms with E-state index in [1.807, 2.05) is 0 Å². The van der Waals surface area contributed by atoms with Crippen LogP contribution in [0.15, 0.2) is 53.4 Å². The zero-order valence-corrected chi connectivity index (χ0v) is 16.9. The van der Waals surface area contributed by atoms with Crippen LogP contribution in [0, 0.1) is 5.82 Å². The summed E-state index contributed by atoms with van der Waals surface area (Å²) in [5, 5.41) is 7.65. The molecule has 0 saturated carbocycles. The lowest BCUT2D eigenvalue weighted by Crippen LogP contribution is -2.43. The van der Waals surface area contributed by atoms with Crippen molar-refractivity contribution in [2.24, 2.45) is 5.14 Å². The van der Waals surface area contributed by atoms with Crippen molar-refractivity contribution in [1.82, 2.24) is 4.31 Å². The third-order valence-electron chi connectivity index (χ3n) is 4.52. The molecule has 0 aromatic heterocycles. The van der Waals surface area contributed by atoms with Crippen molar-refractivity contribution in [3.05, 3.63) is 59.9 Å². The van der Waals surface area contributed by atoms with Gasteiger partial charge in [0.05, 0.1) is 10.6 Å². The third-order valence-corrected chi connectivity index (χ3v) is 7.17. The number of nitrogens with one attached hydrogen (secondary N) is 1. The van der Waals surface area contributed by atoms with Crippen LogP contribution in [0.4, 0.5) is 10.1 Å². The van der Waals surface area contributed by atoms with Gasteiger partial charge in [-0.05, 0) is 54.8 Å². The van der Waals surface area contributed by atoms with Crippen molar-refractivity contribution in [3.8, 4) is 0 Å². The second kappa shape index (κ2) is 8.19. The molecule has 1 aliphatic rings. The molecule has 1 aliphatic heterocycles. The maximum atomic E-state index is 13.1. The number of primary sulfonamides is 1. The number of halogens is 1. The SMILES string of the molecule is NS(=O)(=O)Cc1ccc(NC(=O)C2CCCN2S(=O)(=O)c2ccc(F)cc2)cc1. The van der Waals surface area contributed by atoms with Gasteiger partial charge in [-0.1, -0.05) is 12.1 Å². The first-order valence-corrected chi connectivity index (χ1v) is 11.9. The smallest absolute Gasteiger partial charge is 0.243 e. The number of rotatable bonds is 6. The standard InChI is InChI=1S/C18H20FN3O5S2/c19-14-5-9-16(10-6-14)29(26,27)22-11-1-2-17(22)18(23)21-15-7-3-13(4-8-15)12-28(20,24)25/h3-10,17H,1-2,11-12H2,(H,21,23)(H2,20,24,25). The number of anilines is 1. The monoisotopic (exact) mass is 441 g/mol. The number of carbonyl (C=O) groups excluding carboxylic acids is 1. The maximum Gasteiger partial charge on any atom is 0.243 e. The highest BCUT2D eigenvalue weighted by Crippen LogP contribution is 2.27. The number of benzene rings is 2. The molecule has 0 spiro atoms. The first-order chi connectivity index (χ1) is 13.6. The molecule has 1 unspecified atom stereocenters. The Kier molecular flexibility index (Phi) is 6.03. The molecule has 0 aliphatic carbocycles. The van der Waals surface area contributed by atoms with Crippen molar-refractivity contribution in [1.29, 1.82) is 0 Å². The summed E-state index contributed by atoms with van der Waals surface area (Å²) >= 11 is 0. The molecule has 3 rings (SSSR count). The molecule has 1 saturated heterocycles. The van der Waals surface area contributed by atoms with Crippen molar-refractivity contribution in [2.75, 3.05) is 11.9 Å². The first-order valence-electron chi connectivity index (χ1n) is 8.74. The van der Waals surface area contributed by atoms with E-state index in [1.165, 1.54) is 36.4 Å². The molecule has 3 N–H and O–H groups in total. The van der Waals surface area contributed by atoms with E-state index < -0.39 is 37.8 Å². The molecule has 1 fully saturated rings. The van der Waals surface area contributed by atoms with E-state index in [4.69, 9.17) is 5.14 Å². The molecular formula is C18H20FN3O5S2. The Labute approximate surface area is 168 Å². The number of hydrogen-bond donors (Lipinski definition) is 2. The van der Waals surface area contributed by atoms with Crippen LogP contribution in [0.2, 0.25) is 0 Å². The summed E-state index contributed by atoms with van der Waals surface area (Å²) in [5.74, 6) is -1.37. The van der Waals surface area contributed by atoms with Crippen molar-refractivity contribution < 1.29 is 26.0 Å². The fourth-order valence-corrected chi connectivity index (χ4v) is 5.49. The van der Waals surface area contributed by atoms with Crippen LogP contribution in [-0.2, 0) is 30.6 Å². The van der Waals surface area contributed by atoms with E-state index in [1.54, 1.807) is 0 Å². The molecule has 0 bridgehead atoms. The average molecular weight is 442 g/mol. The highest BCUT2D eigenvalue weighted by Gasteiger charge is 2.39. The Hall–Kier alpha value is -2.34. The van der Waals surface area contributed by atoms with Crippen molar-refractivity contribution >= 4 is 31.6 Å². The third kappa shape index (κ3) is 5.18. The van der Waals surface area contributed by atoms with E-state index >= 15 is 0 Å². The lowest BCUT2D eigenvalue weighted by atomic mass is 10.2. The predicted octanol–water partition coefficient (Wildman–Crippen LogP) is 1.41. The Bertz CT molecular complexity index is 1100. The summed E-state index contributed by atoms with van der Waals surface area (Å²) in [6.45, 7) is 0.186. The van der Waals surface area contributed by atoms with Gasteiger partial charge in [0.25, 0.3) is 0 Å². The minimum atomic E-state index is -3.94. The largest absolute Gasteiger partial charge is 0.325 e. The fourth-order valence-electron chi connectivity index (χ4n) is 3.17. The van der Waals surface area contributed by atoms with Gasteiger partial charge in [-0.15, -0.1) is 0 Å². The quantitative estimate of drug-likeness (QED) is 0.701. The van der Waals surface area contributed by atoms with Crippen LogP contribution >= 0.6 is 0 Å². The molecule has 8 nitrogen and oxygen atoms in total. The van der Waals surface area contributed by atoms with Crippen LogP contribution in [0.3, 0.4) is 0 Å². The Balaban J connectivity index is 1.74. The van der Waals surface area contributed by atoms with Gasteiger partial charge in [0.1, 0.15) is 11.9 Å². The molecule has 1 amide bonds. The summed E-state index contributed by atoms with van der Waals surface area (Å²) < 4.78 is 62.2. The van der Waals surface area contributed by atoms with Gasteiger partial charge in [0, 0.05) is 12.2 Å². The van der Waals surface area contributed by atoms with Gasteiger partial charge in [-0.2, -0.15) is 4.31 Å². The van der Waals surface area contributed by atoms with Crippen LogP contribution in [0.25, 0.3) is 0 Å². The second-order valence-corrected chi connectivity index (χ2v) is 10.2. The van der Waals surface area contributed by atoms with Crippen molar-refractivity contribution in [3.63, 3.8) is 0 Å². The fraction of sp³-hybridized carbons (Fsp3) is 0.278. The van der Waals surface area contributed by atoms with Gasteiger partial charge in [0.2, 0.25) is 26.0 Å². The van der Waals surface area contributed by atoms with Crippen LogP contribution in [-0.4, -0.2) is 39.6 Å². The molecular weight excluding hydrogens is 421 g/mol. The summed E-state index contributed by atoms with van der Waals surface area (Å²) in [4.78, 5) is 12.6. The van der Waals surface area contributed by atoms with Gasteiger partial charge < -0.3 is 5.32 Å². The highest BCUT2D eigenvalue weighted by molar-refractivity contribution is 7.89. The number of carbonyl (C=O) groups is 1. The van der Waals surface area contributed by atoms with Gasteiger partial charge in [-0.25, -0.2) is 26.4 Å². The number of hydrogen-bond acceptors (Lipinski definition) is 5. The van der Waals surface area contributed by atoms with E-state index in [0.29, 0.717) is 24.1 Å². The first kappa shape index (κ1) is 21.4. The van der Waals surface area contributed by atoms with Gasteiger partial charge >= 0.3 is 0 Å². The lowest BCUT2D eigenvalue weighted by molar-refractivity contribution is -0.119. The summed E-state index contributed by atoms with van der Waals surface area (Å²) in [6.07, 6.45) is 0.877. The maximum absolute atomic E-state index is 13.1. The van der Waals surface area contributed by atoms with Crippen LogP contribution in [0.5, 0.6) is 0 Å². The average Bonchev–Trinajstić information content (AvgIpc) is 3.13. The zero-order chi connectivity index (χ0) is 21.2. The minimum Gasteiger partial charge on any atom is -0.325 e. The van der Waals surface area contributed by atoms with Gasteiger partial charge in [0.15, 0.2) is 0 Å². The molecule has 2 aromatic rings. The molecule has 0 radical (unpaired) electrons. The van der Waals surface area contributed by atoms with Gasteiger partial charge in [-0.3, -0.25) is 4.79 Å². The summed E-state index contributed by atoms with van der Waals surface area (Å²) in [7, 11) is -7.61. The number of amides is 1. The molecule has 11 heteroatoms.